The van der Waals surface area contributed by atoms with E-state index in [0.717, 1.165) is 24.3 Å². The monoisotopic (exact) mass is 264 g/mol. The van der Waals surface area contributed by atoms with E-state index in [1.807, 2.05) is 6.07 Å². The average molecular weight is 265 g/mol. The summed E-state index contributed by atoms with van der Waals surface area (Å²) in [6.45, 7) is 5.02. The quantitative estimate of drug-likeness (QED) is 0.416. The maximum absolute atomic E-state index is 5.79. The van der Waals surface area contributed by atoms with Crippen molar-refractivity contribution in [1.29, 1.82) is 0 Å². The fourth-order valence-corrected chi connectivity index (χ4v) is 1.70. The van der Waals surface area contributed by atoms with Gasteiger partial charge in [0.1, 0.15) is 5.75 Å². The zero-order chi connectivity index (χ0) is 13.2. The molecule has 1 nitrogen and oxygen atoms in total. The Bertz CT molecular complexity index is 415. The van der Waals surface area contributed by atoms with Crippen LogP contribution in [0.3, 0.4) is 0 Å². The summed E-state index contributed by atoms with van der Waals surface area (Å²) < 4.78 is 5.79. The molecule has 0 atom stereocenters. The molecule has 0 aliphatic heterocycles. The van der Waals surface area contributed by atoms with Gasteiger partial charge in [-0.1, -0.05) is 37.7 Å². The van der Waals surface area contributed by atoms with Gasteiger partial charge in [-0.2, -0.15) is 0 Å². The normalized spacial score (nSPS) is 9.72. The summed E-state index contributed by atoms with van der Waals surface area (Å²) in [5, 5.41) is 0. The molecular weight excluding hydrogens is 244 g/mol. The van der Waals surface area contributed by atoms with Crippen LogP contribution < -0.4 is 4.74 Å². The van der Waals surface area contributed by atoms with Gasteiger partial charge in [0.2, 0.25) is 0 Å². The van der Waals surface area contributed by atoms with E-state index in [1.54, 1.807) is 0 Å². The summed E-state index contributed by atoms with van der Waals surface area (Å²) in [7, 11) is 0. The molecule has 0 unspecified atom stereocenters. The Morgan fingerprint density at radius 2 is 2.11 bits per heavy atom. The molecule has 1 aromatic rings. The summed E-state index contributed by atoms with van der Waals surface area (Å²) in [5.74, 6) is 7.66. The smallest absolute Gasteiger partial charge is 0.134 e. The van der Waals surface area contributed by atoms with Crippen LogP contribution in [0.15, 0.2) is 18.2 Å². The largest absolute Gasteiger partial charge is 0.492 e. The van der Waals surface area contributed by atoms with E-state index in [-0.39, 0.29) is 0 Å². The van der Waals surface area contributed by atoms with Crippen LogP contribution in [-0.4, -0.2) is 12.5 Å². The van der Waals surface area contributed by atoms with Gasteiger partial charge in [0, 0.05) is 12.3 Å². The highest BCUT2D eigenvalue weighted by molar-refractivity contribution is 6.18. The van der Waals surface area contributed by atoms with Crippen molar-refractivity contribution < 1.29 is 4.74 Å². The lowest BCUT2D eigenvalue weighted by Crippen LogP contribution is -1.99. The van der Waals surface area contributed by atoms with Crippen LogP contribution in [0.25, 0.3) is 0 Å². The van der Waals surface area contributed by atoms with E-state index in [9.17, 15) is 0 Å². The Morgan fingerprint density at radius 3 is 2.83 bits per heavy atom. The van der Waals surface area contributed by atoms with Gasteiger partial charge in [0.05, 0.1) is 12.2 Å². The zero-order valence-corrected chi connectivity index (χ0v) is 12.0. The molecule has 0 N–H and O–H groups in total. The number of unbranched alkanes of at least 4 members (excludes halogenated alkanes) is 2. The van der Waals surface area contributed by atoms with Crippen LogP contribution in [0.1, 0.15) is 43.7 Å². The molecule has 18 heavy (non-hydrogen) atoms. The van der Waals surface area contributed by atoms with Crippen LogP contribution in [0, 0.1) is 18.8 Å². The molecule has 0 aliphatic carbocycles. The lowest BCUT2D eigenvalue weighted by molar-refractivity contribution is 0.305. The maximum Gasteiger partial charge on any atom is 0.134 e. The molecule has 98 valence electrons. The third-order valence-electron chi connectivity index (χ3n) is 2.58. The zero-order valence-electron chi connectivity index (χ0n) is 11.3. The summed E-state index contributed by atoms with van der Waals surface area (Å²) in [6, 6.07) is 6.13. The highest BCUT2D eigenvalue weighted by Crippen LogP contribution is 2.19. The number of hydrogen-bond donors (Lipinski definition) is 0. The van der Waals surface area contributed by atoms with Gasteiger partial charge in [-0.3, -0.25) is 0 Å². The summed E-state index contributed by atoms with van der Waals surface area (Å²) in [5.41, 5.74) is 2.17. The molecule has 0 radical (unpaired) electrons. The molecule has 0 heterocycles. The second kappa shape index (κ2) is 8.89. The third-order valence-corrected chi connectivity index (χ3v) is 2.77. The van der Waals surface area contributed by atoms with Gasteiger partial charge in [0.15, 0.2) is 0 Å². The first kappa shape index (κ1) is 14.9. The third kappa shape index (κ3) is 5.47. The maximum atomic E-state index is 5.79. The second-order valence-electron chi connectivity index (χ2n) is 4.30. The van der Waals surface area contributed by atoms with Crippen molar-refractivity contribution in [2.45, 2.75) is 39.5 Å². The molecule has 1 aromatic carbocycles. The van der Waals surface area contributed by atoms with Gasteiger partial charge < -0.3 is 4.74 Å². The minimum atomic E-state index is 0.575. The van der Waals surface area contributed by atoms with E-state index in [2.05, 4.69) is 37.8 Å². The molecular formula is C16H21ClO. The summed E-state index contributed by atoms with van der Waals surface area (Å²) in [6.07, 6.45) is 4.22. The van der Waals surface area contributed by atoms with E-state index in [0.29, 0.717) is 12.3 Å². The second-order valence-corrected chi connectivity index (χ2v) is 4.67. The molecule has 0 saturated carbocycles. The predicted molar refractivity (Wildman–Crippen MR) is 78.4 cm³/mol. The Hall–Kier alpha value is -1.13. The predicted octanol–water partition coefficient (Wildman–Crippen LogP) is 4.54. The Morgan fingerprint density at radius 1 is 1.28 bits per heavy atom. The molecule has 0 aliphatic rings. The molecule has 0 aromatic heterocycles. The van der Waals surface area contributed by atoms with Crippen LogP contribution >= 0.6 is 11.6 Å². The first-order valence-corrected chi connectivity index (χ1v) is 7.09. The number of ether oxygens (including phenoxy) is 1. The van der Waals surface area contributed by atoms with E-state index in [1.165, 1.54) is 18.4 Å². The Labute approximate surface area is 115 Å². The molecule has 0 spiro atoms. The number of rotatable bonds is 6. The van der Waals surface area contributed by atoms with Crippen molar-refractivity contribution in [3.05, 3.63) is 29.3 Å². The fourth-order valence-electron chi connectivity index (χ4n) is 1.61. The van der Waals surface area contributed by atoms with Gasteiger partial charge in [-0.15, -0.1) is 11.6 Å². The van der Waals surface area contributed by atoms with E-state index in [4.69, 9.17) is 16.3 Å². The van der Waals surface area contributed by atoms with Gasteiger partial charge in [-0.25, -0.2) is 0 Å². The first-order chi connectivity index (χ1) is 8.77. The number of hydrogen-bond acceptors (Lipinski definition) is 1. The van der Waals surface area contributed by atoms with Crippen molar-refractivity contribution in [2.75, 3.05) is 12.5 Å². The summed E-state index contributed by atoms with van der Waals surface area (Å²) in [4.78, 5) is 0. The van der Waals surface area contributed by atoms with Gasteiger partial charge in [0.25, 0.3) is 0 Å². The SMILES string of the molecule is CCCCCOc1ccc(C)cc1C#CCCCl. The minimum Gasteiger partial charge on any atom is -0.492 e. The van der Waals surface area contributed by atoms with Crippen molar-refractivity contribution in [3.63, 3.8) is 0 Å². The highest BCUT2D eigenvalue weighted by atomic mass is 35.5. The standard InChI is InChI=1S/C16H21ClO/c1-3-4-7-12-18-16-10-9-14(2)13-15(16)8-5-6-11-17/h9-10,13H,3-4,6-7,11-12H2,1-2H3. The molecule has 0 saturated heterocycles. The van der Waals surface area contributed by atoms with Crippen LogP contribution in [-0.2, 0) is 0 Å². The van der Waals surface area contributed by atoms with E-state index >= 15 is 0 Å². The number of benzene rings is 1. The topological polar surface area (TPSA) is 9.23 Å². The van der Waals surface area contributed by atoms with Crippen molar-refractivity contribution in [1.82, 2.24) is 0 Å². The molecule has 2 heteroatoms. The lowest BCUT2D eigenvalue weighted by atomic mass is 10.1. The molecule has 1 rings (SSSR count). The molecule has 0 fully saturated rings. The van der Waals surface area contributed by atoms with Crippen LogP contribution in [0.4, 0.5) is 0 Å². The van der Waals surface area contributed by atoms with Gasteiger partial charge >= 0.3 is 0 Å². The van der Waals surface area contributed by atoms with Gasteiger partial charge in [-0.05, 0) is 31.0 Å². The fraction of sp³-hybridized carbons (Fsp3) is 0.500. The average Bonchev–Trinajstić information content (AvgIpc) is 2.37. The van der Waals surface area contributed by atoms with E-state index < -0.39 is 0 Å². The van der Waals surface area contributed by atoms with Crippen molar-refractivity contribution in [2.24, 2.45) is 0 Å². The van der Waals surface area contributed by atoms with Crippen LogP contribution in [0.2, 0.25) is 0 Å². The molecule has 0 amide bonds. The minimum absolute atomic E-state index is 0.575. The summed E-state index contributed by atoms with van der Waals surface area (Å²) >= 11 is 5.62. The Kier molecular flexibility index (Phi) is 7.37. The molecule has 0 bridgehead atoms. The van der Waals surface area contributed by atoms with Crippen molar-refractivity contribution in [3.8, 4) is 17.6 Å². The number of alkyl halides is 1. The number of aryl methyl sites for hydroxylation is 1. The lowest BCUT2D eigenvalue weighted by Gasteiger charge is -2.08. The highest BCUT2D eigenvalue weighted by Gasteiger charge is 2.01. The Balaban J connectivity index is 2.68. The number of halogens is 1. The first-order valence-electron chi connectivity index (χ1n) is 6.56. The van der Waals surface area contributed by atoms with Crippen LogP contribution in [0.5, 0.6) is 5.75 Å². The van der Waals surface area contributed by atoms with Crippen molar-refractivity contribution >= 4 is 11.6 Å².